The van der Waals surface area contributed by atoms with E-state index >= 15 is 0 Å². The standard InChI is InChI=1S/C24H19FN4O2/c1-16-6-4-9-21(27-16)24-29(23(28-31-24)22-10-5-13-30-22)15-17-14-26-12-11-18(17)19-7-2-3-8-20(19)25/h2-14,24H,15H2,1H3. The van der Waals surface area contributed by atoms with Crippen LogP contribution in [0.1, 0.15) is 28.9 Å². The average Bonchev–Trinajstić information content (AvgIpc) is 3.45. The van der Waals surface area contributed by atoms with Crippen LogP contribution >= 0.6 is 0 Å². The van der Waals surface area contributed by atoms with E-state index in [-0.39, 0.29) is 5.82 Å². The quantitative estimate of drug-likeness (QED) is 0.456. The number of pyridine rings is 2. The van der Waals surface area contributed by atoms with E-state index < -0.39 is 6.23 Å². The number of aryl methyl sites for hydroxylation is 1. The zero-order valence-corrected chi connectivity index (χ0v) is 16.8. The molecule has 3 aromatic heterocycles. The van der Waals surface area contributed by atoms with Crippen molar-refractivity contribution in [3.8, 4) is 11.1 Å². The lowest BCUT2D eigenvalue weighted by atomic mass is 10.0. The predicted molar refractivity (Wildman–Crippen MR) is 113 cm³/mol. The molecule has 0 aliphatic carbocycles. The Morgan fingerprint density at radius 1 is 1.00 bits per heavy atom. The predicted octanol–water partition coefficient (Wildman–Crippen LogP) is 5.08. The first-order valence-electron chi connectivity index (χ1n) is 9.86. The van der Waals surface area contributed by atoms with Crippen LogP contribution in [0.25, 0.3) is 11.1 Å². The van der Waals surface area contributed by atoms with Gasteiger partial charge in [0.2, 0.25) is 12.1 Å². The van der Waals surface area contributed by atoms with Crippen molar-refractivity contribution in [3.63, 3.8) is 0 Å². The minimum Gasteiger partial charge on any atom is -0.461 e. The molecule has 0 fully saturated rings. The smallest absolute Gasteiger partial charge is 0.244 e. The molecule has 1 aliphatic heterocycles. The number of hydrogen-bond donors (Lipinski definition) is 0. The number of amidine groups is 1. The van der Waals surface area contributed by atoms with Crippen LogP contribution in [-0.4, -0.2) is 20.7 Å². The highest BCUT2D eigenvalue weighted by Crippen LogP contribution is 2.34. The maximum Gasteiger partial charge on any atom is 0.244 e. The summed E-state index contributed by atoms with van der Waals surface area (Å²) in [6, 6.07) is 17.9. The summed E-state index contributed by atoms with van der Waals surface area (Å²) < 4.78 is 20.1. The van der Waals surface area contributed by atoms with Gasteiger partial charge in [-0.1, -0.05) is 29.4 Å². The van der Waals surface area contributed by atoms with Crippen molar-refractivity contribution in [1.82, 2.24) is 14.9 Å². The maximum absolute atomic E-state index is 14.5. The molecule has 0 amide bonds. The second-order valence-electron chi connectivity index (χ2n) is 7.19. The van der Waals surface area contributed by atoms with Crippen LogP contribution in [0.3, 0.4) is 0 Å². The molecule has 5 rings (SSSR count). The summed E-state index contributed by atoms with van der Waals surface area (Å²) >= 11 is 0. The Bertz CT molecular complexity index is 1240. The van der Waals surface area contributed by atoms with Gasteiger partial charge in [-0.15, -0.1) is 0 Å². The summed E-state index contributed by atoms with van der Waals surface area (Å²) in [6.45, 7) is 2.30. The topological polar surface area (TPSA) is 63.8 Å². The fraction of sp³-hybridized carbons (Fsp3) is 0.125. The second kappa shape index (κ2) is 8.02. The Labute approximate surface area is 178 Å². The first-order chi connectivity index (χ1) is 15.2. The van der Waals surface area contributed by atoms with Crippen molar-refractivity contribution < 1.29 is 13.6 Å². The normalized spacial score (nSPS) is 15.6. The van der Waals surface area contributed by atoms with Crippen LogP contribution in [0.4, 0.5) is 4.39 Å². The average molecular weight is 414 g/mol. The van der Waals surface area contributed by atoms with Gasteiger partial charge in [0.05, 0.1) is 12.8 Å². The highest BCUT2D eigenvalue weighted by atomic mass is 19.1. The van der Waals surface area contributed by atoms with Crippen molar-refractivity contribution in [3.05, 3.63) is 108 Å². The molecule has 0 spiro atoms. The summed E-state index contributed by atoms with van der Waals surface area (Å²) in [5, 5.41) is 4.28. The SMILES string of the molecule is Cc1cccc(C2ON=C(c3ccco3)N2Cc2cnccc2-c2ccccc2F)n1. The third-order valence-electron chi connectivity index (χ3n) is 5.11. The number of oxime groups is 1. The largest absolute Gasteiger partial charge is 0.461 e. The number of hydrogen-bond acceptors (Lipinski definition) is 6. The zero-order valence-electron chi connectivity index (χ0n) is 16.8. The number of aromatic nitrogens is 2. The molecular formula is C24H19FN4O2. The van der Waals surface area contributed by atoms with E-state index in [2.05, 4.69) is 15.1 Å². The second-order valence-corrected chi connectivity index (χ2v) is 7.19. The van der Waals surface area contributed by atoms with Gasteiger partial charge in [0.25, 0.3) is 0 Å². The molecule has 4 heterocycles. The van der Waals surface area contributed by atoms with E-state index in [1.165, 1.54) is 6.07 Å². The van der Waals surface area contributed by atoms with E-state index in [1.807, 2.05) is 48.2 Å². The van der Waals surface area contributed by atoms with Crippen LogP contribution in [-0.2, 0) is 11.4 Å². The highest BCUT2D eigenvalue weighted by Gasteiger charge is 2.35. The van der Waals surface area contributed by atoms with Crippen LogP contribution in [0.15, 0.2) is 88.9 Å². The van der Waals surface area contributed by atoms with Gasteiger partial charge in [0, 0.05) is 23.7 Å². The summed E-state index contributed by atoms with van der Waals surface area (Å²) in [7, 11) is 0. The maximum atomic E-state index is 14.5. The number of furan rings is 1. The van der Waals surface area contributed by atoms with Crippen LogP contribution in [0.2, 0.25) is 0 Å². The molecule has 1 aliphatic rings. The van der Waals surface area contributed by atoms with Crippen LogP contribution in [0.5, 0.6) is 0 Å². The molecule has 0 N–H and O–H groups in total. The summed E-state index contributed by atoms with van der Waals surface area (Å²) in [5.74, 6) is 0.831. The molecule has 0 saturated heterocycles. The van der Waals surface area contributed by atoms with E-state index in [4.69, 9.17) is 9.25 Å². The number of benzene rings is 1. The number of nitrogens with zero attached hydrogens (tertiary/aromatic N) is 4. The Hall–Kier alpha value is -4.00. The van der Waals surface area contributed by atoms with Gasteiger partial charge in [0.1, 0.15) is 11.5 Å². The Kier molecular flexibility index (Phi) is 4.92. The molecule has 154 valence electrons. The lowest BCUT2D eigenvalue weighted by molar-refractivity contribution is 0.00255. The molecule has 1 aromatic carbocycles. The Balaban J connectivity index is 1.56. The molecule has 0 bridgehead atoms. The summed E-state index contributed by atoms with van der Waals surface area (Å²) in [6.07, 6.45) is 4.44. The van der Waals surface area contributed by atoms with E-state index in [0.717, 1.165) is 22.5 Å². The molecule has 1 atom stereocenters. The monoisotopic (exact) mass is 414 g/mol. The van der Waals surface area contributed by atoms with E-state index in [0.29, 0.717) is 23.7 Å². The molecule has 4 aromatic rings. The molecule has 0 saturated carbocycles. The first kappa shape index (κ1) is 19.0. The summed E-state index contributed by atoms with van der Waals surface area (Å²) in [4.78, 5) is 16.6. The first-order valence-corrected chi connectivity index (χ1v) is 9.86. The Morgan fingerprint density at radius 2 is 1.90 bits per heavy atom. The van der Waals surface area contributed by atoms with Crippen molar-refractivity contribution in [2.24, 2.45) is 5.16 Å². The van der Waals surface area contributed by atoms with E-state index in [1.54, 1.807) is 36.9 Å². The summed E-state index contributed by atoms with van der Waals surface area (Å²) in [5.41, 5.74) is 3.70. The van der Waals surface area contributed by atoms with Crippen LogP contribution in [0, 0.1) is 12.7 Å². The van der Waals surface area contributed by atoms with Gasteiger partial charge in [0.15, 0.2) is 5.76 Å². The minimum atomic E-state index is -0.548. The van der Waals surface area contributed by atoms with Gasteiger partial charge >= 0.3 is 0 Å². The van der Waals surface area contributed by atoms with Gasteiger partial charge in [-0.05, 0) is 54.4 Å². The molecule has 1 unspecified atom stereocenters. The van der Waals surface area contributed by atoms with Gasteiger partial charge in [-0.25, -0.2) is 4.39 Å². The van der Waals surface area contributed by atoms with Crippen molar-refractivity contribution in [1.29, 1.82) is 0 Å². The van der Waals surface area contributed by atoms with E-state index in [9.17, 15) is 4.39 Å². The van der Waals surface area contributed by atoms with Gasteiger partial charge in [-0.2, -0.15) is 0 Å². The minimum absolute atomic E-state index is 0.288. The highest BCUT2D eigenvalue weighted by molar-refractivity contribution is 5.96. The fourth-order valence-corrected chi connectivity index (χ4v) is 3.66. The van der Waals surface area contributed by atoms with Gasteiger partial charge < -0.3 is 14.2 Å². The molecule has 31 heavy (non-hydrogen) atoms. The lowest BCUT2D eigenvalue weighted by Gasteiger charge is -2.25. The third-order valence-corrected chi connectivity index (χ3v) is 5.11. The molecule has 7 heteroatoms. The van der Waals surface area contributed by atoms with Crippen molar-refractivity contribution >= 4 is 5.84 Å². The van der Waals surface area contributed by atoms with Crippen LogP contribution < -0.4 is 0 Å². The lowest BCUT2D eigenvalue weighted by Crippen LogP contribution is -2.31. The fourth-order valence-electron chi connectivity index (χ4n) is 3.66. The number of halogens is 1. The van der Waals surface area contributed by atoms with Crippen molar-refractivity contribution in [2.75, 3.05) is 0 Å². The number of rotatable bonds is 5. The Morgan fingerprint density at radius 3 is 2.71 bits per heavy atom. The van der Waals surface area contributed by atoms with Crippen molar-refractivity contribution in [2.45, 2.75) is 19.7 Å². The molecule has 6 nitrogen and oxygen atoms in total. The third kappa shape index (κ3) is 3.66. The van der Waals surface area contributed by atoms with Gasteiger partial charge in [-0.3, -0.25) is 9.97 Å². The molecular weight excluding hydrogens is 395 g/mol. The zero-order chi connectivity index (χ0) is 21.2. The molecule has 0 radical (unpaired) electrons.